The van der Waals surface area contributed by atoms with Gasteiger partial charge >= 0.3 is 0 Å². The van der Waals surface area contributed by atoms with Crippen molar-refractivity contribution in [2.75, 3.05) is 6.61 Å². The molecule has 0 bridgehead atoms. The van der Waals surface area contributed by atoms with E-state index in [2.05, 4.69) is 13.8 Å². The minimum Gasteiger partial charge on any atom is -0.396 e. The zero-order valence-electron chi connectivity index (χ0n) is 16.0. The highest BCUT2D eigenvalue weighted by atomic mass is 16.3. The van der Waals surface area contributed by atoms with Gasteiger partial charge in [0.2, 0.25) is 0 Å². The Balaban J connectivity index is 2.21. The van der Waals surface area contributed by atoms with Gasteiger partial charge in [-0.2, -0.15) is 0 Å². The molecule has 2 aromatic carbocycles. The summed E-state index contributed by atoms with van der Waals surface area (Å²) in [5, 5.41) is 9.89. The second-order valence-corrected chi connectivity index (χ2v) is 7.64. The van der Waals surface area contributed by atoms with Gasteiger partial charge in [0.25, 0.3) is 0 Å². The summed E-state index contributed by atoms with van der Waals surface area (Å²) in [5.74, 6) is 0.647. The maximum atomic E-state index is 13.5. The second-order valence-electron chi connectivity index (χ2n) is 7.64. The van der Waals surface area contributed by atoms with Crippen LogP contribution in [-0.4, -0.2) is 23.3 Å². The van der Waals surface area contributed by atoms with Crippen LogP contribution in [0.2, 0.25) is 0 Å². The van der Waals surface area contributed by atoms with Crippen LogP contribution < -0.4 is 5.73 Å². The molecular weight excluding hydrogens is 336 g/mol. The van der Waals surface area contributed by atoms with Crippen molar-refractivity contribution in [2.45, 2.75) is 32.2 Å². The number of aliphatic hydroxyl groups is 1. The van der Waals surface area contributed by atoms with E-state index in [0.29, 0.717) is 18.7 Å². The molecule has 142 valence electrons. The number of carbonyl (C=O) groups excluding carboxylic acids is 1. The van der Waals surface area contributed by atoms with E-state index in [-0.39, 0.29) is 30.1 Å². The SMILES string of the molecule is CC(C)C(CO)[C@H]1CCC(=O)C(c2ccccc2)(c2ccccc2)N=C1N. The molecule has 0 amide bonds. The number of amidine groups is 1. The van der Waals surface area contributed by atoms with Crippen molar-refractivity contribution in [3.05, 3.63) is 71.8 Å². The highest BCUT2D eigenvalue weighted by Crippen LogP contribution is 2.40. The lowest BCUT2D eigenvalue weighted by molar-refractivity contribution is -0.123. The number of rotatable bonds is 5. The van der Waals surface area contributed by atoms with E-state index in [0.717, 1.165) is 11.1 Å². The Morgan fingerprint density at radius 1 is 1.07 bits per heavy atom. The molecule has 0 saturated heterocycles. The van der Waals surface area contributed by atoms with Crippen LogP contribution >= 0.6 is 0 Å². The third-order valence-corrected chi connectivity index (χ3v) is 5.73. The largest absolute Gasteiger partial charge is 0.396 e. The standard InChI is InChI=1S/C23H28N2O2/c1-16(2)20(15-26)19-13-14-21(27)23(25-22(19)24,17-9-5-3-6-10-17)18-11-7-4-8-12-18/h3-12,16,19-20,26H,13-15H2,1-2H3,(H2,24,25)/t19-,20?/m1/s1. The lowest BCUT2D eigenvalue weighted by atomic mass is 9.77. The van der Waals surface area contributed by atoms with E-state index >= 15 is 0 Å². The van der Waals surface area contributed by atoms with Gasteiger partial charge in [-0.05, 0) is 29.4 Å². The molecule has 27 heavy (non-hydrogen) atoms. The van der Waals surface area contributed by atoms with Gasteiger partial charge in [0, 0.05) is 18.9 Å². The van der Waals surface area contributed by atoms with Gasteiger partial charge in [-0.1, -0.05) is 74.5 Å². The van der Waals surface area contributed by atoms with Gasteiger partial charge in [0.05, 0.1) is 5.84 Å². The topological polar surface area (TPSA) is 75.7 Å². The van der Waals surface area contributed by atoms with Crippen molar-refractivity contribution in [3.8, 4) is 0 Å². The van der Waals surface area contributed by atoms with Gasteiger partial charge in [-0.25, -0.2) is 4.99 Å². The Hall–Kier alpha value is -2.46. The van der Waals surface area contributed by atoms with Crippen LogP contribution in [0.1, 0.15) is 37.8 Å². The average molecular weight is 364 g/mol. The Kier molecular flexibility index (Phi) is 5.76. The number of ketones is 1. The molecule has 4 nitrogen and oxygen atoms in total. The summed E-state index contributed by atoms with van der Waals surface area (Å²) in [6, 6.07) is 19.3. The molecular formula is C23H28N2O2. The minimum absolute atomic E-state index is 0.0103. The van der Waals surface area contributed by atoms with Crippen LogP contribution in [0.3, 0.4) is 0 Å². The first-order chi connectivity index (χ1) is 13.0. The van der Waals surface area contributed by atoms with Gasteiger partial charge in [-0.15, -0.1) is 0 Å². The fraction of sp³-hybridized carbons (Fsp3) is 0.391. The molecule has 2 aromatic rings. The predicted molar refractivity (Wildman–Crippen MR) is 108 cm³/mol. The predicted octanol–water partition coefficient (Wildman–Crippen LogP) is 3.53. The maximum absolute atomic E-state index is 13.5. The molecule has 1 heterocycles. The minimum atomic E-state index is -1.13. The number of hydrogen-bond donors (Lipinski definition) is 2. The number of nitrogens with two attached hydrogens (primary N) is 1. The highest BCUT2D eigenvalue weighted by molar-refractivity contribution is 5.98. The van der Waals surface area contributed by atoms with E-state index in [9.17, 15) is 9.90 Å². The van der Waals surface area contributed by atoms with E-state index < -0.39 is 5.54 Å². The molecule has 0 spiro atoms. The van der Waals surface area contributed by atoms with Crippen LogP contribution in [0.15, 0.2) is 65.7 Å². The number of Topliss-reactive ketones (excluding diaryl/α,β-unsaturated/α-hetero) is 1. The normalized spacial score (nSPS) is 20.8. The van der Waals surface area contributed by atoms with Gasteiger partial charge in [0.15, 0.2) is 11.3 Å². The third kappa shape index (κ3) is 3.54. The van der Waals surface area contributed by atoms with Crippen molar-refractivity contribution in [2.24, 2.45) is 28.5 Å². The average Bonchev–Trinajstić information content (AvgIpc) is 2.82. The first-order valence-corrected chi connectivity index (χ1v) is 9.61. The van der Waals surface area contributed by atoms with Crippen LogP contribution in [0.25, 0.3) is 0 Å². The number of hydrogen-bond acceptors (Lipinski definition) is 4. The summed E-state index contributed by atoms with van der Waals surface area (Å²) in [7, 11) is 0. The molecule has 0 aromatic heterocycles. The summed E-state index contributed by atoms with van der Waals surface area (Å²) >= 11 is 0. The smallest absolute Gasteiger partial charge is 0.171 e. The highest BCUT2D eigenvalue weighted by Gasteiger charge is 2.45. The van der Waals surface area contributed by atoms with Gasteiger partial charge < -0.3 is 10.8 Å². The van der Waals surface area contributed by atoms with Crippen molar-refractivity contribution in [1.82, 2.24) is 0 Å². The molecule has 3 N–H and O–H groups in total. The Morgan fingerprint density at radius 2 is 1.59 bits per heavy atom. The molecule has 2 atom stereocenters. The van der Waals surface area contributed by atoms with Crippen molar-refractivity contribution in [3.63, 3.8) is 0 Å². The van der Waals surface area contributed by atoms with E-state index in [1.807, 2.05) is 60.7 Å². The van der Waals surface area contributed by atoms with Crippen LogP contribution in [0.4, 0.5) is 0 Å². The first-order valence-electron chi connectivity index (χ1n) is 9.61. The number of nitrogens with zero attached hydrogens (tertiary/aromatic N) is 1. The van der Waals surface area contributed by atoms with Crippen molar-refractivity contribution >= 4 is 11.6 Å². The Labute approximate surface area is 161 Å². The third-order valence-electron chi connectivity index (χ3n) is 5.73. The van der Waals surface area contributed by atoms with Crippen molar-refractivity contribution < 1.29 is 9.90 Å². The number of benzene rings is 2. The molecule has 1 aliphatic heterocycles. The van der Waals surface area contributed by atoms with Crippen LogP contribution in [-0.2, 0) is 10.3 Å². The van der Waals surface area contributed by atoms with E-state index in [1.165, 1.54) is 0 Å². The fourth-order valence-corrected chi connectivity index (χ4v) is 4.17. The molecule has 0 saturated carbocycles. The maximum Gasteiger partial charge on any atom is 0.171 e. The lowest BCUT2D eigenvalue weighted by Crippen LogP contribution is -2.38. The molecule has 1 aliphatic rings. The summed E-state index contributed by atoms with van der Waals surface area (Å²) < 4.78 is 0. The van der Waals surface area contributed by atoms with Crippen LogP contribution in [0.5, 0.6) is 0 Å². The number of aliphatic imine (C=N–C) groups is 1. The summed E-state index contributed by atoms with van der Waals surface area (Å²) in [5.41, 5.74) is 7.02. The molecule has 4 heteroatoms. The quantitative estimate of drug-likeness (QED) is 0.852. The van der Waals surface area contributed by atoms with Crippen molar-refractivity contribution in [1.29, 1.82) is 0 Å². The van der Waals surface area contributed by atoms with Gasteiger partial charge in [-0.3, -0.25) is 4.79 Å². The number of carbonyl (C=O) groups is 1. The molecule has 0 radical (unpaired) electrons. The lowest BCUT2D eigenvalue weighted by Gasteiger charge is -2.30. The Morgan fingerprint density at radius 3 is 2.04 bits per heavy atom. The monoisotopic (exact) mass is 364 g/mol. The molecule has 3 rings (SSSR count). The van der Waals surface area contributed by atoms with E-state index in [4.69, 9.17) is 10.7 Å². The van der Waals surface area contributed by atoms with E-state index in [1.54, 1.807) is 0 Å². The zero-order valence-corrected chi connectivity index (χ0v) is 16.0. The number of aliphatic hydroxyl groups excluding tert-OH is 1. The summed E-state index contributed by atoms with van der Waals surface area (Å²) in [6.45, 7) is 4.18. The summed E-state index contributed by atoms with van der Waals surface area (Å²) in [4.78, 5) is 18.4. The fourth-order valence-electron chi connectivity index (χ4n) is 4.17. The second kappa shape index (κ2) is 8.05. The van der Waals surface area contributed by atoms with Crippen LogP contribution in [0, 0.1) is 17.8 Å². The van der Waals surface area contributed by atoms with Gasteiger partial charge in [0.1, 0.15) is 0 Å². The molecule has 1 unspecified atom stereocenters. The molecule has 0 aliphatic carbocycles. The zero-order chi connectivity index (χ0) is 19.4. The Bertz CT molecular complexity index is 760. The summed E-state index contributed by atoms with van der Waals surface area (Å²) in [6.07, 6.45) is 0.987. The first kappa shape index (κ1) is 19.3. The molecule has 0 fully saturated rings.